The van der Waals surface area contributed by atoms with E-state index in [1.54, 1.807) is 6.92 Å². The van der Waals surface area contributed by atoms with E-state index in [1.807, 2.05) is 49.3 Å². The summed E-state index contributed by atoms with van der Waals surface area (Å²) in [5, 5.41) is 6.47. The molecule has 4 aliphatic rings. The van der Waals surface area contributed by atoms with Crippen LogP contribution in [-0.4, -0.2) is 86.9 Å². The summed E-state index contributed by atoms with van der Waals surface area (Å²) < 4.78 is 2.11. The van der Waals surface area contributed by atoms with Crippen LogP contribution in [0.25, 0.3) is 22.3 Å². The summed E-state index contributed by atoms with van der Waals surface area (Å²) in [5.74, 6) is 0.805. The monoisotopic (exact) mass is 716 g/mol. The summed E-state index contributed by atoms with van der Waals surface area (Å²) >= 11 is 0. The normalized spacial score (nSPS) is 21.3. The van der Waals surface area contributed by atoms with Crippen LogP contribution in [0, 0.1) is 6.92 Å². The van der Waals surface area contributed by atoms with Crippen LogP contribution < -0.4 is 15.5 Å². The molecule has 2 N–H and O–H groups in total. The minimum Gasteiger partial charge on any atom is -0.352 e. The first-order valence-electron chi connectivity index (χ1n) is 19.6. The number of likely N-dealkylation sites (tertiary alicyclic amines) is 2. The molecule has 1 saturated carbocycles. The first-order valence-corrected chi connectivity index (χ1v) is 19.6. The molecular weight excluding hydrogens is 665 g/mol. The second kappa shape index (κ2) is 13.9. The number of imidazole rings is 1. The fraction of sp³-hybridized carbons (Fsp3) is 0.500. The maximum Gasteiger partial charge on any atom is 0.251 e. The maximum absolute atomic E-state index is 14.8. The maximum atomic E-state index is 14.8. The topological polar surface area (TPSA) is 116 Å². The highest BCUT2D eigenvalue weighted by atomic mass is 16.2. The van der Waals surface area contributed by atoms with Crippen molar-refractivity contribution in [1.29, 1.82) is 0 Å². The molecular formula is C42H52N8O3. The zero-order chi connectivity index (χ0) is 37.0. The third-order valence-corrected chi connectivity index (χ3v) is 12.3. The van der Waals surface area contributed by atoms with E-state index in [4.69, 9.17) is 9.97 Å². The number of fused-ring (bicyclic) bond motifs is 3. The van der Waals surface area contributed by atoms with Gasteiger partial charge in [0.05, 0.1) is 23.0 Å². The van der Waals surface area contributed by atoms with Gasteiger partial charge in [0.15, 0.2) is 5.82 Å². The summed E-state index contributed by atoms with van der Waals surface area (Å²) in [6.45, 7) is 13.8. The van der Waals surface area contributed by atoms with Crippen molar-refractivity contribution in [3.63, 3.8) is 0 Å². The number of hydrogen-bond donors (Lipinski definition) is 2. The van der Waals surface area contributed by atoms with Gasteiger partial charge in [0, 0.05) is 67.2 Å². The van der Waals surface area contributed by atoms with Crippen LogP contribution in [0.5, 0.6) is 0 Å². The quantitative estimate of drug-likeness (QED) is 0.208. The molecule has 3 aliphatic heterocycles. The number of rotatable bonds is 8. The lowest BCUT2D eigenvalue weighted by molar-refractivity contribution is -0.134. The second-order valence-electron chi connectivity index (χ2n) is 15.9. The molecule has 2 aromatic carbocycles. The molecule has 3 fully saturated rings. The predicted octanol–water partition coefficient (Wildman–Crippen LogP) is 6.72. The molecule has 8 rings (SSSR count). The number of anilines is 3. The molecule has 0 unspecified atom stereocenters. The Labute approximate surface area is 312 Å². The Morgan fingerprint density at radius 1 is 0.962 bits per heavy atom. The molecule has 11 nitrogen and oxygen atoms in total. The number of nitrogens with one attached hydrogen (secondary N) is 2. The van der Waals surface area contributed by atoms with Crippen LogP contribution in [0.3, 0.4) is 0 Å². The average molecular weight is 717 g/mol. The molecule has 11 heteroatoms. The lowest BCUT2D eigenvalue weighted by Crippen LogP contribution is -2.58. The highest BCUT2D eigenvalue weighted by molar-refractivity contribution is 6.09. The first kappa shape index (κ1) is 35.3. The zero-order valence-electron chi connectivity index (χ0n) is 31.7. The molecule has 278 valence electrons. The molecule has 0 radical (unpaired) electrons. The van der Waals surface area contributed by atoms with Gasteiger partial charge >= 0.3 is 0 Å². The average Bonchev–Trinajstić information content (AvgIpc) is 3.67. The van der Waals surface area contributed by atoms with Gasteiger partial charge < -0.3 is 29.9 Å². The molecule has 2 saturated heterocycles. The van der Waals surface area contributed by atoms with Crippen molar-refractivity contribution in [2.45, 2.75) is 103 Å². The number of nitrogens with zero attached hydrogens (tertiary/aromatic N) is 6. The van der Waals surface area contributed by atoms with Crippen molar-refractivity contribution in [1.82, 2.24) is 29.7 Å². The Kier molecular flexibility index (Phi) is 9.25. The zero-order valence-corrected chi connectivity index (χ0v) is 31.7. The predicted molar refractivity (Wildman–Crippen MR) is 209 cm³/mol. The number of pyridine rings is 1. The Morgan fingerprint density at radius 3 is 2.42 bits per heavy atom. The molecule has 4 aromatic rings. The minimum absolute atomic E-state index is 0.0676. The van der Waals surface area contributed by atoms with Crippen molar-refractivity contribution in [3.05, 3.63) is 65.5 Å². The van der Waals surface area contributed by atoms with Crippen molar-refractivity contribution in [3.8, 4) is 11.3 Å². The number of carbonyl (C=O) groups is 3. The molecule has 0 atom stereocenters. The Balaban J connectivity index is 1.18. The number of aryl methyl sites for hydroxylation is 1. The van der Waals surface area contributed by atoms with Crippen molar-refractivity contribution >= 4 is 45.9 Å². The van der Waals surface area contributed by atoms with Gasteiger partial charge in [-0.15, -0.1) is 0 Å². The molecule has 0 bridgehead atoms. The lowest BCUT2D eigenvalue weighted by Gasteiger charge is -2.48. The van der Waals surface area contributed by atoms with Crippen molar-refractivity contribution in [2.24, 2.45) is 0 Å². The van der Waals surface area contributed by atoms with Gasteiger partial charge in [-0.05, 0) is 115 Å². The van der Waals surface area contributed by atoms with Crippen LogP contribution in [0.15, 0.2) is 48.8 Å². The highest BCUT2D eigenvalue weighted by Crippen LogP contribution is 2.52. The second-order valence-corrected chi connectivity index (χ2v) is 15.9. The van der Waals surface area contributed by atoms with Crippen LogP contribution in [-0.2, 0) is 15.0 Å². The third-order valence-electron chi connectivity index (χ3n) is 12.3. The number of hydrogen-bond acceptors (Lipinski definition) is 7. The van der Waals surface area contributed by atoms with Crippen molar-refractivity contribution < 1.29 is 14.4 Å². The van der Waals surface area contributed by atoms with Crippen molar-refractivity contribution in [2.75, 3.05) is 42.9 Å². The SMILES string of the molecule is CCNC(=O)c1cc(Nc2nc(-c3ccc4c(c3)N(C3CC(N5CCCCC5)C3)C(=O)C43CCN(C(C)=O)CC3)cc3ncn(C(C)C)c23)ccc1C. The largest absolute Gasteiger partial charge is 0.352 e. The van der Waals surface area contributed by atoms with Crippen LogP contribution in [0.1, 0.15) is 100 Å². The standard InChI is InChI=1S/C42H52N8O3/c1-6-43-40(52)33-21-30(12-10-27(33)4)45-39-38-36(44-25-49(38)26(2)3)24-35(46-39)29-11-13-34-37(20-29)50(32-22-31(23-32)48-16-8-7-9-17-48)41(53)42(34)14-18-47(19-15-42)28(5)51/h10-13,20-21,24-26,31-32H,6-9,14-19,22-23H2,1-5H3,(H,43,52)(H,45,46). The van der Waals surface area contributed by atoms with E-state index < -0.39 is 5.41 Å². The summed E-state index contributed by atoms with van der Waals surface area (Å²) in [4.78, 5) is 56.6. The van der Waals surface area contributed by atoms with Crippen LogP contribution in [0.4, 0.5) is 17.2 Å². The fourth-order valence-electron chi connectivity index (χ4n) is 9.17. The number of piperidine rings is 2. The fourth-order valence-corrected chi connectivity index (χ4v) is 9.17. The number of amides is 3. The lowest BCUT2D eigenvalue weighted by atomic mass is 9.73. The summed E-state index contributed by atoms with van der Waals surface area (Å²) in [5.41, 5.74) is 7.10. The number of aromatic nitrogens is 3. The molecule has 5 heterocycles. The molecule has 1 aliphatic carbocycles. The summed E-state index contributed by atoms with van der Waals surface area (Å²) in [6.07, 6.45) is 8.94. The highest BCUT2D eigenvalue weighted by Gasteiger charge is 2.55. The Morgan fingerprint density at radius 2 is 1.72 bits per heavy atom. The summed E-state index contributed by atoms with van der Waals surface area (Å²) in [6, 6.07) is 15.1. The third kappa shape index (κ3) is 6.16. The minimum atomic E-state index is -0.622. The van der Waals surface area contributed by atoms with Gasteiger partial charge in [-0.3, -0.25) is 14.4 Å². The van der Waals surface area contributed by atoms with Gasteiger partial charge in [-0.2, -0.15) is 0 Å². The van der Waals surface area contributed by atoms with Gasteiger partial charge in [-0.25, -0.2) is 9.97 Å². The van der Waals surface area contributed by atoms with Gasteiger partial charge in [-0.1, -0.05) is 24.6 Å². The Bertz CT molecular complexity index is 2070. The van der Waals surface area contributed by atoms with Crippen LogP contribution in [0.2, 0.25) is 0 Å². The van der Waals surface area contributed by atoms with E-state index in [1.165, 1.54) is 19.3 Å². The van der Waals surface area contributed by atoms with E-state index in [0.717, 1.165) is 70.7 Å². The van der Waals surface area contributed by atoms with Crippen LogP contribution >= 0.6 is 0 Å². The number of carbonyl (C=O) groups excluding carboxylic acids is 3. The first-order chi connectivity index (χ1) is 25.6. The van der Waals surface area contributed by atoms with Gasteiger partial charge in [0.2, 0.25) is 11.8 Å². The molecule has 2 aromatic heterocycles. The van der Waals surface area contributed by atoms with E-state index in [2.05, 4.69) is 57.0 Å². The Hall–Kier alpha value is -4.77. The number of benzene rings is 2. The van der Waals surface area contributed by atoms with Gasteiger partial charge in [0.1, 0.15) is 5.52 Å². The van der Waals surface area contributed by atoms with E-state index in [-0.39, 0.29) is 29.8 Å². The van der Waals surface area contributed by atoms with Gasteiger partial charge in [0.25, 0.3) is 5.91 Å². The van der Waals surface area contributed by atoms with E-state index in [9.17, 15) is 14.4 Å². The molecule has 3 amide bonds. The molecule has 53 heavy (non-hydrogen) atoms. The summed E-state index contributed by atoms with van der Waals surface area (Å²) in [7, 11) is 0. The smallest absolute Gasteiger partial charge is 0.251 e. The van der Waals surface area contributed by atoms with E-state index in [0.29, 0.717) is 49.9 Å². The van der Waals surface area contributed by atoms with E-state index >= 15 is 0 Å². The molecule has 1 spiro atoms.